The predicted octanol–water partition coefficient (Wildman–Crippen LogP) is 1.99. The molecule has 0 saturated carbocycles. The first-order valence-corrected chi connectivity index (χ1v) is 6.92. The highest BCUT2D eigenvalue weighted by molar-refractivity contribution is 5.92. The molecule has 1 amide bonds. The number of aryl methyl sites for hydroxylation is 2. The molecule has 0 fully saturated rings. The van der Waals surface area contributed by atoms with Gasteiger partial charge in [0.25, 0.3) is 5.91 Å². The molecule has 120 valence electrons. The molecule has 0 aliphatic heterocycles. The summed E-state index contributed by atoms with van der Waals surface area (Å²) in [6, 6.07) is 1.11. The highest BCUT2D eigenvalue weighted by Gasteiger charge is 2.18. The van der Waals surface area contributed by atoms with E-state index in [0.717, 1.165) is 23.1 Å². The first kappa shape index (κ1) is 16.1. The van der Waals surface area contributed by atoms with E-state index < -0.39 is 12.5 Å². The molecule has 2 heterocycles. The molecular weight excluding hydrogens is 292 g/mol. The van der Waals surface area contributed by atoms with Crippen LogP contribution in [0.3, 0.4) is 0 Å². The monoisotopic (exact) mass is 311 g/mol. The Balaban J connectivity index is 2.01. The van der Waals surface area contributed by atoms with Crippen LogP contribution in [-0.2, 0) is 13.5 Å². The van der Waals surface area contributed by atoms with Gasteiger partial charge in [0.15, 0.2) is 0 Å². The van der Waals surface area contributed by atoms with E-state index in [0.29, 0.717) is 11.1 Å². The number of hydrogen-bond acceptors (Lipinski definition) is 3. The fourth-order valence-corrected chi connectivity index (χ4v) is 2.34. The van der Waals surface area contributed by atoms with Crippen LogP contribution in [-0.4, -0.2) is 31.5 Å². The van der Waals surface area contributed by atoms with Crippen molar-refractivity contribution in [2.75, 3.05) is 0 Å². The van der Waals surface area contributed by atoms with Gasteiger partial charge in [-0.15, -0.1) is 0 Å². The minimum atomic E-state index is -2.75. The zero-order chi connectivity index (χ0) is 16.4. The summed E-state index contributed by atoms with van der Waals surface area (Å²) in [4.78, 5) is 12.0. The summed E-state index contributed by atoms with van der Waals surface area (Å²) in [6.07, 6.45) is 1.70. The Bertz CT molecular complexity index is 677. The standard InChI is InChI=1S/C14H19F2N5O/c1-8(7-11-9(2)18-20(4)10(11)3)17-13(22)12-5-6-21(19-12)14(15)16/h5-6,8,14H,7H2,1-4H3,(H,17,22)/t8-/m1/s1. The Morgan fingerprint density at radius 1 is 1.36 bits per heavy atom. The van der Waals surface area contributed by atoms with Crippen molar-refractivity contribution >= 4 is 5.91 Å². The van der Waals surface area contributed by atoms with Gasteiger partial charge in [-0.25, -0.2) is 4.68 Å². The minimum Gasteiger partial charge on any atom is -0.348 e. The minimum absolute atomic E-state index is 0.0215. The molecule has 1 N–H and O–H groups in total. The van der Waals surface area contributed by atoms with Crippen LogP contribution in [0.2, 0.25) is 0 Å². The van der Waals surface area contributed by atoms with E-state index in [-0.39, 0.29) is 11.7 Å². The van der Waals surface area contributed by atoms with Crippen LogP contribution >= 0.6 is 0 Å². The second-order valence-electron chi connectivity index (χ2n) is 5.31. The topological polar surface area (TPSA) is 64.7 Å². The van der Waals surface area contributed by atoms with Gasteiger partial charge >= 0.3 is 6.55 Å². The van der Waals surface area contributed by atoms with Crippen LogP contribution in [0.4, 0.5) is 8.78 Å². The van der Waals surface area contributed by atoms with Crippen molar-refractivity contribution in [2.24, 2.45) is 7.05 Å². The Morgan fingerprint density at radius 3 is 2.55 bits per heavy atom. The SMILES string of the molecule is Cc1nn(C)c(C)c1C[C@@H](C)NC(=O)c1ccn(C(F)F)n1. The molecule has 0 unspecified atom stereocenters. The van der Waals surface area contributed by atoms with E-state index in [9.17, 15) is 13.6 Å². The third-order valence-corrected chi connectivity index (χ3v) is 3.59. The lowest BCUT2D eigenvalue weighted by Crippen LogP contribution is -2.34. The number of nitrogens with zero attached hydrogens (tertiary/aromatic N) is 4. The van der Waals surface area contributed by atoms with Gasteiger partial charge < -0.3 is 5.32 Å². The van der Waals surface area contributed by atoms with Crippen LogP contribution in [0.25, 0.3) is 0 Å². The molecule has 2 aromatic heterocycles. The van der Waals surface area contributed by atoms with Crippen LogP contribution in [0, 0.1) is 13.8 Å². The number of alkyl halides is 2. The van der Waals surface area contributed by atoms with E-state index in [1.54, 1.807) is 4.68 Å². The zero-order valence-corrected chi connectivity index (χ0v) is 13.0. The third kappa shape index (κ3) is 3.32. The maximum absolute atomic E-state index is 12.4. The first-order valence-electron chi connectivity index (χ1n) is 6.92. The van der Waals surface area contributed by atoms with Crippen molar-refractivity contribution in [2.45, 2.75) is 39.8 Å². The average Bonchev–Trinajstić information content (AvgIpc) is 3.01. The largest absolute Gasteiger partial charge is 0.348 e. The molecule has 0 spiro atoms. The summed E-state index contributed by atoms with van der Waals surface area (Å²) in [5.74, 6) is -0.467. The summed E-state index contributed by atoms with van der Waals surface area (Å²) >= 11 is 0. The molecule has 1 atom stereocenters. The molecule has 0 radical (unpaired) electrons. The number of hydrogen-bond donors (Lipinski definition) is 1. The lowest BCUT2D eigenvalue weighted by molar-refractivity contribution is 0.0559. The van der Waals surface area contributed by atoms with E-state index >= 15 is 0 Å². The number of carbonyl (C=O) groups excluding carboxylic acids is 1. The highest BCUT2D eigenvalue weighted by Crippen LogP contribution is 2.14. The van der Waals surface area contributed by atoms with Crippen molar-refractivity contribution < 1.29 is 13.6 Å². The number of aromatic nitrogens is 4. The molecule has 2 rings (SSSR count). The lowest BCUT2D eigenvalue weighted by Gasteiger charge is -2.13. The number of nitrogens with one attached hydrogen (secondary N) is 1. The van der Waals surface area contributed by atoms with E-state index in [1.807, 2.05) is 27.8 Å². The van der Waals surface area contributed by atoms with E-state index in [1.165, 1.54) is 6.07 Å². The lowest BCUT2D eigenvalue weighted by atomic mass is 10.1. The summed E-state index contributed by atoms with van der Waals surface area (Å²) in [6.45, 7) is 2.99. The molecule has 0 bridgehead atoms. The fourth-order valence-electron chi connectivity index (χ4n) is 2.34. The van der Waals surface area contributed by atoms with Gasteiger partial charge in [-0.2, -0.15) is 19.0 Å². The summed E-state index contributed by atoms with van der Waals surface area (Å²) in [5.41, 5.74) is 3.02. The van der Waals surface area contributed by atoms with Gasteiger partial charge in [0.05, 0.1) is 5.69 Å². The van der Waals surface area contributed by atoms with Crippen LogP contribution in [0.15, 0.2) is 12.3 Å². The molecule has 6 nitrogen and oxygen atoms in total. The van der Waals surface area contributed by atoms with Crippen LogP contribution in [0.1, 0.15) is 40.9 Å². The average molecular weight is 311 g/mol. The molecule has 0 aromatic carbocycles. The molecule has 2 aromatic rings. The third-order valence-electron chi connectivity index (χ3n) is 3.59. The Kier molecular flexibility index (Phi) is 4.58. The predicted molar refractivity (Wildman–Crippen MR) is 76.8 cm³/mol. The Morgan fingerprint density at radius 2 is 2.05 bits per heavy atom. The first-order chi connectivity index (χ1) is 10.3. The molecule has 0 aliphatic rings. The van der Waals surface area contributed by atoms with Crippen molar-refractivity contribution in [3.05, 3.63) is 34.9 Å². The smallest absolute Gasteiger partial charge is 0.333 e. The Hall–Kier alpha value is -2.25. The molecule has 8 heteroatoms. The van der Waals surface area contributed by atoms with Crippen molar-refractivity contribution in [1.82, 2.24) is 24.9 Å². The van der Waals surface area contributed by atoms with Crippen molar-refractivity contribution in [3.8, 4) is 0 Å². The van der Waals surface area contributed by atoms with Gasteiger partial charge in [0.1, 0.15) is 5.69 Å². The highest BCUT2D eigenvalue weighted by atomic mass is 19.3. The number of amides is 1. The van der Waals surface area contributed by atoms with Gasteiger partial charge in [0.2, 0.25) is 0 Å². The van der Waals surface area contributed by atoms with Crippen LogP contribution in [0.5, 0.6) is 0 Å². The van der Waals surface area contributed by atoms with Crippen LogP contribution < -0.4 is 5.32 Å². The maximum atomic E-state index is 12.4. The van der Waals surface area contributed by atoms with Gasteiger partial charge in [0, 0.05) is 25.0 Å². The molecule has 0 aliphatic carbocycles. The normalized spacial score (nSPS) is 12.7. The molecular formula is C14H19F2N5O. The van der Waals surface area contributed by atoms with Crippen molar-refractivity contribution in [3.63, 3.8) is 0 Å². The van der Waals surface area contributed by atoms with Gasteiger partial charge in [-0.3, -0.25) is 9.48 Å². The van der Waals surface area contributed by atoms with E-state index in [2.05, 4.69) is 15.5 Å². The summed E-state index contributed by atoms with van der Waals surface area (Å²) < 4.78 is 27.1. The summed E-state index contributed by atoms with van der Waals surface area (Å²) in [7, 11) is 1.87. The molecule has 0 saturated heterocycles. The number of carbonyl (C=O) groups is 1. The maximum Gasteiger partial charge on any atom is 0.333 e. The summed E-state index contributed by atoms with van der Waals surface area (Å²) in [5, 5.41) is 10.6. The second kappa shape index (κ2) is 6.25. The number of halogens is 2. The number of rotatable bonds is 5. The van der Waals surface area contributed by atoms with Gasteiger partial charge in [-0.05, 0) is 38.8 Å². The van der Waals surface area contributed by atoms with Crippen molar-refractivity contribution in [1.29, 1.82) is 0 Å². The van der Waals surface area contributed by atoms with E-state index in [4.69, 9.17) is 0 Å². The Labute approximate surface area is 127 Å². The quantitative estimate of drug-likeness (QED) is 0.918. The molecule has 22 heavy (non-hydrogen) atoms. The second-order valence-corrected chi connectivity index (χ2v) is 5.31. The van der Waals surface area contributed by atoms with Gasteiger partial charge in [-0.1, -0.05) is 0 Å². The fraction of sp³-hybridized carbons (Fsp3) is 0.500. The zero-order valence-electron chi connectivity index (χ0n) is 13.0.